The van der Waals surface area contributed by atoms with Crippen molar-refractivity contribution in [1.29, 1.82) is 0 Å². The van der Waals surface area contributed by atoms with Crippen LogP contribution in [0.15, 0.2) is 4.99 Å². The van der Waals surface area contributed by atoms with Gasteiger partial charge in [0, 0.05) is 26.6 Å². The summed E-state index contributed by atoms with van der Waals surface area (Å²) in [6.07, 6.45) is 3.54. The molecule has 0 spiro atoms. The molecule has 0 bridgehead atoms. The zero-order valence-corrected chi connectivity index (χ0v) is 10.2. The van der Waals surface area contributed by atoms with Crippen LogP contribution in [0.2, 0.25) is 0 Å². The standard InChI is InChI=1S/C11H18N6/c1-16-7-5-12-11(16)13-8-10-15-14-9-4-2-3-6-17(9)10/h2-8H2,1H3,(H,12,13). The van der Waals surface area contributed by atoms with E-state index in [9.17, 15) is 0 Å². The van der Waals surface area contributed by atoms with Crippen LogP contribution in [0.25, 0.3) is 0 Å². The second-order valence-electron chi connectivity index (χ2n) is 4.62. The average Bonchev–Trinajstić information content (AvgIpc) is 2.93. The molecule has 0 atom stereocenters. The molecule has 0 saturated heterocycles. The van der Waals surface area contributed by atoms with E-state index in [0.29, 0.717) is 0 Å². The number of hydrogen-bond acceptors (Lipinski definition) is 5. The third kappa shape index (κ3) is 1.99. The molecule has 2 aliphatic heterocycles. The summed E-state index contributed by atoms with van der Waals surface area (Å²) in [4.78, 5) is 6.53. The zero-order chi connectivity index (χ0) is 11.7. The third-order valence-corrected chi connectivity index (χ3v) is 3.40. The summed E-state index contributed by atoms with van der Waals surface area (Å²) < 4.78 is 2.24. The summed E-state index contributed by atoms with van der Waals surface area (Å²) in [6.45, 7) is 3.66. The summed E-state index contributed by atoms with van der Waals surface area (Å²) in [5, 5.41) is 11.8. The fraction of sp³-hybridized carbons (Fsp3) is 0.727. The first-order chi connectivity index (χ1) is 8.34. The number of fused-ring (bicyclic) bond motifs is 1. The highest BCUT2D eigenvalue weighted by molar-refractivity contribution is 5.81. The predicted octanol–water partition coefficient (Wildman–Crippen LogP) is 0.00540. The first kappa shape index (κ1) is 10.6. The maximum absolute atomic E-state index is 4.40. The number of aliphatic imine (C=N–C) groups is 1. The van der Waals surface area contributed by atoms with Crippen molar-refractivity contribution >= 4 is 5.96 Å². The van der Waals surface area contributed by atoms with E-state index in [0.717, 1.165) is 50.2 Å². The molecule has 1 aromatic heterocycles. The molecular weight excluding hydrogens is 216 g/mol. The Morgan fingerprint density at radius 2 is 2.18 bits per heavy atom. The lowest BCUT2D eigenvalue weighted by Gasteiger charge is -2.17. The lowest BCUT2D eigenvalue weighted by atomic mass is 10.2. The van der Waals surface area contributed by atoms with Crippen molar-refractivity contribution in [2.75, 3.05) is 20.1 Å². The Kier molecular flexibility index (Phi) is 2.70. The quantitative estimate of drug-likeness (QED) is 0.783. The van der Waals surface area contributed by atoms with Crippen LogP contribution >= 0.6 is 0 Å². The number of nitrogens with one attached hydrogen (secondary N) is 1. The highest BCUT2D eigenvalue weighted by atomic mass is 15.3. The van der Waals surface area contributed by atoms with Crippen LogP contribution < -0.4 is 5.32 Å². The largest absolute Gasteiger partial charge is 0.349 e. The van der Waals surface area contributed by atoms with Crippen molar-refractivity contribution in [2.24, 2.45) is 4.99 Å². The van der Waals surface area contributed by atoms with Gasteiger partial charge in [-0.3, -0.25) is 4.99 Å². The van der Waals surface area contributed by atoms with Gasteiger partial charge >= 0.3 is 0 Å². The van der Waals surface area contributed by atoms with E-state index >= 15 is 0 Å². The van der Waals surface area contributed by atoms with Gasteiger partial charge in [-0.05, 0) is 12.8 Å². The molecule has 6 heteroatoms. The average molecular weight is 234 g/mol. The van der Waals surface area contributed by atoms with Crippen LogP contribution in [0, 0.1) is 0 Å². The van der Waals surface area contributed by atoms with Crippen LogP contribution in [-0.4, -0.2) is 45.8 Å². The van der Waals surface area contributed by atoms with Crippen molar-refractivity contribution in [2.45, 2.75) is 32.4 Å². The van der Waals surface area contributed by atoms with Gasteiger partial charge in [-0.25, -0.2) is 0 Å². The molecule has 0 amide bonds. The van der Waals surface area contributed by atoms with E-state index < -0.39 is 0 Å². The number of aromatic nitrogens is 3. The van der Waals surface area contributed by atoms with E-state index in [1.165, 1.54) is 12.8 Å². The van der Waals surface area contributed by atoms with Gasteiger partial charge in [0.05, 0.1) is 13.1 Å². The minimum absolute atomic E-state index is 0.718. The van der Waals surface area contributed by atoms with Crippen molar-refractivity contribution in [1.82, 2.24) is 25.0 Å². The number of guanidine groups is 1. The molecule has 6 nitrogen and oxygen atoms in total. The van der Waals surface area contributed by atoms with Crippen molar-refractivity contribution < 1.29 is 0 Å². The van der Waals surface area contributed by atoms with E-state index in [1.807, 2.05) is 0 Å². The molecule has 3 heterocycles. The molecule has 1 aromatic rings. The normalized spacial score (nSPS) is 19.1. The molecular formula is C11H18N6. The molecule has 0 unspecified atom stereocenters. The molecule has 92 valence electrons. The minimum Gasteiger partial charge on any atom is -0.349 e. The Labute approximate surface area is 101 Å². The van der Waals surface area contributed by atoms with Crippen LogP contribution in [0.3, 0.4) is 0 Å². The van der Waals surface area contributed by atoms with Crippen molar-refractivity contribution in [3.8, 4) is 0 Å². The first-order valence-corrected chi connectivity index (χ1v) is 6.25. The molecule has 0 aromatic carbocycles. The number of nitrogens with zero attached hydrogens (tertiary/aromatic N) is 5. The van der Waals surface area contributed by atoms with Crippen LogP contribution in [0.5, 0.6) is 0 Å². The second kappa shape index (κ2) is 4.35. The summed E-state index contributed by atoms with van der Waals surface area (Å²) in [6, 6.07) is 0. The van der Waals surface area contributed by atoms with Gasteiger partial charge in [-0.1, -0.05) is 0 Å². The fourth-order valence-corrected chi connectivity index (χ4v) is 2.38. The molecule has 17 heavy (non-hydrogen) atoms. The monoisotopic (exact) mass is 234 g/mol. The van der Waals surface area contributed by atoms with Gasteiger partial charge in [-0.15, -0.1) is 10.2 Å². The third-order valence-electron chi connectivity index (χ3n) is 3.40. The Bertz CT molecular complexity index is 435. The molecule has 3 rings (SSSR count). The summed E-state index contributed by atoms with van der Waals surface area (Å²) in [5.41, 5.74) is 0. The molecule has 0 fully saturated rings. The SMILES string of the molecule is CN1CCN=C1NCc1nnc2n1CCCC2. The zero-order valence-electron chi connectivity index (χ0n) is 10.2. The maximum atomic E-state index is 4.40. The number of likely N-dealkylation sites (N-methyl/N-ethyl adjacent to an activating group) is 1. The van der Waals surface area contributed by atoms with E-state index in [2.05, 4.69) is 37.0 Å². The Morgan fingerprint density at radius 3 is 3.00 bits per heavy atom. The Balaban J connectivity index is 1.67. The van der Waals surface area contributed by atoms with E-state index in [1.54, 1.807) is 0 Å². The van der Waals surface area contributed by atoms with Gasteiger partial charge in [0.1, 0.15) is 5.82 Å². The second-order valence-corrected chi connectivity index (χ2v) is 4.62. The topological polar surface area (TPSA) is 58.3 Å². The maximum Gasteiger partial charge on any atom is 0.194 e. The smallest absolute Gasteiger partial charge is 0.194 e. The van der Waals surface area contributed by atoms with E-state index in [4.69, 9.17) is 0 Å². The lowest BCUT2D eigenvalue weighted by molar-refractivity contribution is 0.498. The van der Waals surface area contributed by atoms with Crippen LogP contribution in [-0.2, 0) is 19.5 Å². The van der Waals surface area contributed by atoms with Gasteiger partial charge in [-0.2, -0.15) is 0 Å². The Morgan fingerprint density at radius 1 is 1.24 bits per heavy atom. The molecule has 0 saturated carbocycles. The first-order valence-electron chi connectivity index (χ1n) is 6.25. The molecule has 0 aliphatic carbocycles. The van der Waals surface area contributed by atoms with Crippen molar-refractivity contribution in [3.05, 3.63) is 11.6 Å². The number of aryl methyl sites for hydroxylation is 1. The molecule has 2 aliphatic rings. The van der Waals surface area contributed by atoms with Gasteiger partial charge in [0.15, 0.2) is 11.8 Å². The minimum atomic E-state index is 0.718. The fourth-order valence-electron chi connectivity index (χ4n) is 2.38. The molecule has 0 radical (unpaired) electrons. The Hall–Kier alpha value is -1.59. The van der Waals surface area contributed by atoms with Gasteiger partial charge < -0.3 is 14.8 Å². The van der Waals surface area contributed by atoms with Gasteiger partial charge in [0.2, 0.25) is 0 Å². The lowest BCUT2D eigenvalue weighted by Crippen LogP contribution is -2.35. The van der Waals surface area contributed by atoms with Gasteiger partial charge in [0.25, 0.3) is 0 Å². The van der Waals surface area contributed by atoms with Crippen LogP contribution in [0.4, 0.5) is 0 Å². The van der Waals surface area contributed by atoms with Crippen LogP contribution in [0.1, 0.15) is 24.5 Å². The van der Waals surface area contributed by atoms with Crippen molar-refractivity contribution in [3.63, 3.8) is 0 Å². The summed E-state index contributed by atoms with van der Waals surface area (Å²) in [7, 11) is 2.05. The summed E-state index contributed by atoms with van der Waals surface area (Å²) in [5.74, 6) is 3.13. The summed E-state index contributed by atoms with van der Waals surface area (Å²) >= 11 is 0. The molecule has 1 N–H and O–H groups in total. The highest BCUT2D eigenvalue weighted by Crippen LogP contribution is 2.14. The predicted molar refractivity (Wildman–Crippen MR) is 64.7 cm³/mol. The number of rotatable bonds is 2. The number of hydrogen-bond donors (Lipinski definition) is 1. The highest BCUT2D eigenvalue weighted by Gasteiger charge is 2.17. The van der Waals surface area contributed by atoms with E-state index in [-0.39, 0.29) is 0 Å².